The molecule has 0 saturated carbocycles. The number of hydrogen-bond acceptors (Lipinski definition) is 2. The Morgan fingerprint density at radius 2 is 2.25 bits per heavy atom. The summed E-state index contributed by atoms with van der Waals surface area (Å²) in [4.78, 5) is 2.52. The number of piperidine rings is 1. The maximum atomic E-state index is 9.49. The predicted molar refractivity (Wildman–Crippen MR) is 66.5 cm³/mol. The minimum Gasteiger partial charge on any atom is -0.508 e. The van der Waals surface area contributed by atoms with Crippen LogP contribution in [0.25, 0.3) is 0 Å². The van der Waals surface area contributed by atoms with Crippen molar-refractivity contribution in [2.24, 2.45) is 5.92 Å². The molecule has 0 aromatic heterocycles. The summed E-state index contributed by atoms with van der Waals surface area (Å²) in [6.45, 7) is 6.91. The number of aromatic hydroxyl groups is 1. The van der Waals surface area contributed by atoms with Gasteiger partial charge in [-0.3, -0.25) is 4.90 Å². The van der Waals surface area contributed by atoms with E-state index < -0.39 is 0 Å². The predicted octanol–water partition coefficient (Wildman–Crippen LogP) is 3.19. The van der Waals surface area contributed by atoms with Gasteiger partial charge in [-0.05, 0) is 49.9 Å². The summed E-state index contributed by atoms with van der Waals surface area (Å²) in [5.41, 5.74) is 1.22. The number of nitrogens with zero attached hydrogens (tertiary/aromatic N) is 1. The first-order valence-electron chi connectivity index (χ1n) is 6.20. The van der Waals surface area contributed by atoms with Gasteiger partial charge in [0.2, 0.25) is 0 Å². The number of hydrogen-bond donors (Lipinski definition) is 1. The highest BCUT2D eigenvalue weighted by molar-refractivity contribution is 5.29. The molecule has 1 aromatic carbocycles. The third-order valence-corrected chi connectivity index (χ3v) is 3.59. The first-order valence-corrected chi connectivity index (χ1v) is 6.20. The number of phenols is 1. The molecule has 1 aliphatic rings. The zero-order valence-electron chi connectivity index (χ0n) is 10.2. The van der Waals surface area contributed by atoms with Crippen molar-refractivity contribution in [3.8, 4) is 5.75 Å². The lowest BCUT2D eigenvalue weighted by atomic mass is 9.97. The Kier molecular flexibility index (Phi) is 3.49. The van der Waals surface area contributed by atoms with Crippen LogP contribution in [-0.4, -0.2) is 23.1 Å². The van der Waals surface area contributed by atoms with Crippen LogP contribution >= 0.6 is 0 Å². The van der Waals surface area contributed by atoms with E-state index >= 15 is 0 Å². The van der Waals surface area contributed by atoms with E-state index in [-0.39, 0.29) is 0 Å². The smallest absolute Gasteiger partial charge is 0.115 e. The summed E-state index contributed by atoms with van der Waals surface area (Å²) in [7, 11) is 0. The van der Waals surface area contributed by atoms with Crippen LogP contribution in [-0.2, 0) is 0 Å². The molecule has 2 atom stereocenters. The second-order valence-electron chi connectivity index (χ2n) is 5.01. The van der Waals surface area contributed by atoms with Crippen molar-refractivity contribution in [3.63, 3.8) is 0 Å². The van der Waals surface area contributed by atoms with E-state index in [9.17, 15) is 5.11 Å². The molecular weight excluding hydrogens is 198 g/mol. The molecule has 1 aromatic rings. The summed E-state index contributed by atoms with van der Waals surface area (Å²) in [5, 5.41) is 9.49. The van der Waals surface area contributed by atoms with Crippen molar-refractivity contribution in [2.45, 2.75) is 32.7 Å². The van der Waals surface area contributed by atoms with E-state index in [1.807, 2.05) is 12.1 Å². The van der Waals surface area contributed by atoms with Gasteiger partial charge >= 0.3 is 0 Å². The zero-order valence-corrected chi connectivity index (χ0v) is 10.2. The monoisotopic (exact) mass is 219 g/mol. The maximum Gasteiger partial charge on any atom is 0.115 e. The Balaban J connectivity index is 2.09. The van der Waals surface area contributed by atoms with Gasteiger partial charge < -0.3 is 5.11 Å². The van der Waals surface area contributed by atoms with Gasteiger partial charge in [-0.1, -0.05) is 19.1 Å². The third kappa shape index (κ3) is 2.56. The summed E-state index contributed by atoms with van der Waals surface area (Å²) < 4.78 is 0. The van der Waals surface area contributed by atoms with Crippen molar-refractivity contribution in [1.82, 2.24) is 4.90 Å². The molecule has 2 heteroatoms. The molecule has 16 heavy (non-hydrogen) atoms. The molecule has 1 aliphatic heterocycles. The van der Waals surface area contributed by atoms with Crippen LogP contribution in [0.5, 0.6) is 5.75 Å². The molecule has 1 fully saturated rings. The fraction of sp³-hybridized carbons (Fsp3) is 0.571. The first kappa shape index (κ1) is 11.5. The summed E-state index contributed by atoms with van der Waals surface area (Å²) in [6, 6.07) is 8.05. The van der Waals surface area contributed by atoms with Crippen LogP contribution in [0.2, 0.25) is 0 Å². The van der Waals surface area contributed by atoms with Gasteiger partial charge in [-0.15, -0.1) is 0 Å². The molecule has 2 unspecified atom stereocenters. The van der Waals surface area contributed by atoms with Gasteiger partial charge in [0, 0.05) is 12.6 Å². The average Bonchev–Trinajstić information content (AvgIpc) is 2.28. The Labute approximate surface area is 97.9 Å². The summed E-state index contributed by atoms with van der Waals surface area (Å²) >= 11 is 0. The molecule has 2 nitrogen and oxygen atoms in total. The second-order valence-corrected chi connectivity index (χ2v) is 5.01. The van der Waals surface area contributed by atoms with Crippen LogP contribution in [0.3, 0.4) is 0 Å². The van der Waals surface area contributed by atoms with E-state index in [1.54, 1.807) is 6.07 Å². The molecule has 0 aliphatic carbocycles. The molecule has 1 N–H and O–H groups in total. The molecule has 88 valence electrons. The quantitative estimate of drug-likeness (QED) is 0.825. The normalized spacial score (nSPS) is 24.2. The van der Waals surface area contributed by atoms with Crippen molar-refractivity contribution in [3.05, 3.63) is 29.8 Å². The van der Waals surface area contributed by atoms with Crippen molar-refractivity contribution in [2.75, 3.05) is 13.1 Å². The van der Waals surface area contributed by atoms with Crippen LogP contribution in [0.1, 0.15) is 38.3 Å². The van der Waals surface area contributed by atoms with Crippen LogP contribution < -0.4 is 0 Å². The highest BCUT2D eigenvalue weighted by atomic mass is 16.3. The van der Waals surface area contributed by atoms with Crippen molar-refractivity contribution in [1.29, 1.82) is 0 Å². The van der Waals surface area contributed by atoms with Crippen molar-refractivity contribution >= 4 is 0 Å². The molecule has 1 saturated heterocycles. The Bertz CT molecular complexity index is 350. The lowest BCUT2D eigenvalue weighted by Gasteiger charge is -2.35. The molecule has 0 radical (unpaired) electrons. The highest BCUT2D eigenvalue weighted by Crippen LogP contribution is 2.27. The second kappa shape index (κ2) is 4.88. The number of likely N-dealkylation sites (tertiary alicyclic amines) is 1. The Morgan fingerprint density at radius 1 is 1.44 bits per heavy atom. The lowest BCUT2D eigenvalue weighted by molar-refractivity contribution is 0.139. The highest BCUT2D eigenvalue weighted by Gasteiger charge is 2.21. The largest absolute Gasteiger partial charge is 0.508 e. The number of phenolic OH excluding ortho intramolecular Hbond substituents is 1. The zero-order chi connectivity index (χ0) is 11.5. The van der Waals surface area contributed by atoms with E-state index in [4.69, 9.17) is 0 Å². The van der Waals surface area contributed by atoms with Crippen LogP contribution in [0.15, 0.2) is 24.3 Å². The van der Waals surface area contributed by atoms with E-state index in [0.717, 1.165) is 5.92 Å². The van der Waals surface area contributed by atoms with Gasteiger partial charge in [0.05, 0.1) is 0 Å². The lowest BCUT2D eigenvalue weighted by Crippen LogP contribution is -2.36. The van der Waals surface area contributed by atoms with Gasteiger partial charge in [0.25, 0.3) is 0 Å². The maximum absolute atomic E-state index is 9.49. The molecule has 0 bridgehead atoms. The Hall–Kier alpha value is -1.02. The molecule has 1 heterocycles. The third-order valence-electron chi connectivity index (χ3n) is 3.59. The number of rotatable bonds is 2. The minimum absolute atomic E-state index is 0.370. The standard InChI is InChI=1S/C14H21NO/c1-11-5-4-8-15(10-11)12(2)13-6-3-7-14(16)9-13/h3,6-7,9,11-12,16H,4-5,8,10H2,1-2H3. The molecule has 0 spiro atoms. The number of benzene rings is 1. The fourth-order valence-electron chi connectivity index (χ4n) is 2.57. The van der Waals surface area contributed by atoms with E-state index in [1.165, 1.54) is 31.5 Å². The van der Waals surface area contributed by atoms with Gasteiger partial charge in [0.1, 0.15) is 5.75 Å². The Morgan fingerprint density at radius 3 is 2.94 bits per heavy atom. The molecule has 2 rings (SSSR count). The summed E-state index contributed by atoms with van der Waals surface area (Å²) in [6.07, 6.45) is 2.65. The van der Waals surface area contributed by atoms with Crippen LogP contribution in [0.4, 0.5) is 0 Å². The van der Waals surface area contributed by atoms with E-state index in [2.05, 4.69) is 24.8 Å². The molecule has 0 amide bonds. The van der Waals surface area contributed by atoms with Crippen molar-refractivity contribution < 1.29 is 5.11 Å². The minimum atomic E-state index is 0.370. The van der Waals surface area contributed by atoms with Gasteiger partial charge in [0.15, 0.2) is 0 Å². The SMILES string of the molecule is CC1CCCN(C(C)c2cccc(O)c2)C1. The topological polar surface area (TPSA) is 23.5 Å². The van der Waals surface area contributed by atoms with Gasteiger partial charge in [-0.2, -0.15) is 0 Å². The van der Waals surface area contributed by atoms with Gasteiger partial charge in [-0.25, -0.2) is 0 Å². The summed E-state index contributed by atoms with van der Waals surface area (Å²) in [5.74, 6) is 1.17. The average molecular weight is 219 g/mol. The fourth-order valence-corrected chi connectivity index (χ4v) is 2.57. The van der Waals surface area contributed by atoms with E-state index in [0.29, 0.717) is 11.8 Å². The first-order chi connectivity index (χ1) is 7.66. The molecular formula is C14H21NO. The van der Waals surface area contributed by atoms with Crippen LogP contribution in [0, 0.1) is 5.92 Å².